The van der Waals surface area contributed by atoms with Crippen LogP contribution in [0.1, 0.15) is 37.0 Å². The van der Waals surface area contributed by atoms with Gasteiger partial charge < -0.3 is 24.1 Å². The quantitative estimate of drug-likeness (QED) is 0.437. The molecule has 7 rings (SSSR count). The van der Waals surface area contributed by atoms with Gasteiger partial charge >= 0.3 is 11.9 Å². The minimum Gasteiger partial charge on any atom is -0.461 e. The molecule has 3 heterocycles. The first-order valence-corrected chi connectivity index (χ1v) is 9.26. The zero-order valence-electron chi connectivity index (χ0n) is 15.7. The van der Waals surface area contributed by atoms with Gasteiger partial charge in [0.25, 0.3) is 5.69 Å². The fraction of sp³-hybridized carbons (Fsp3) is 0.579. The Morgan fingerprint density at radius 3 is 2.62 bits per heavy atom. The van der Waals surface area contributed by atoms with Gasteiger partial charge in [0.1, 0.15) is 17.8 Å². The molecule has 0 radical (unpaired) electrons. The average Bonchev–Trinajstić information content (AvgIpc) is 2.84. The molecule has 6 aliphatic rings. The third-order valence-electron chi connectivity index (χ3n) is 7.05. The van der Waals surface area contributed by atoms with Crippen molar-refractivity contribution in [3.63, 3.8) is 0 Å². The van der Waals surface area contributed by atoms with Crippen molar-refractivity contribution in [3.8, 4) is 0 Å². The van der Waals surface area contributed by atoms with E-state index in [2.05, 4.69) is 0 Å². The van der Waals surface area contributed by atoms with E-state index in [0.717, 1.165) is 0 Å². The number of ether oxygens (including phenoxy) is 4. The molecular weight excluding hydrogens is 386 g/mol. The van der Waals surface area contributed by atoms with E-state index in [1.165, 1.54) is 31.2 Å². The molecule has 6 fully saturated rings. The van der Waals surface area contributed by atoms with Crippen molar-refractivity contribution >= 4 is 17.6 Å². The number of hydrogen-bond acceptors (Lipinski definition) is 9. The van der Waals surface area contributed by atoms with Gasteiger partial charge in [0.05, 0.1) is 15.9 Å². The molecule has 1 aromatic carbocycles. The van der Waals surface area contributed by atoms with Crippen molar-refractivity contribution in [1.29, 1.82) is 0 Å². The lowest BCUT2D eigenvalue weighted by Crippen LogP contribution is -2.79. The van der Waals surface area contributed by atoms with Crippen molar-refractivity contribution in [2.24, 2.45) is 11.3 Å². The summed E-state index contributed by atoms with van der Waals surface area (Å²) in [5.41, 5.74) is -3.29. The number of hydrogen-bond donors (Lipinski definition) is 1. The predicted molar refractivity (Wildman–Crippen MR) is 92.3 cm³/mol. The number of carbonyl (C=O) groups is 2. The first kappa shape index (κ1) is 18.5. The minimum absolute atomic E-state index is 0.138. The smallest absolute Gasteiger partial charge is 0.338 e. The molecule has 6 bridgehead atoms. The Bertz CT molecular complexity index is 948. The highest BCUT2D eigenvalue weighted by atomic mass is 16.8. The van der Waals surface area contributed by atoms with Crippen LogP contribution < -0.4 is 0 Å². The summed E-state index contributed by atoms with van der Waals surface area (Å²) in [6, 6.07) is 5.04. The number of esters is 2. The number of nitro groups is 1. The van der Waals surface area contributed by atoms with Crippen LogP contribution in [0.25, 0.3) is 0 Å². The summed E-state index contributed by atoms with van der Waals surface area (Å²) < 4.78 is 22.9. The highest BCUT2D eigenvalue weighted by Crippen LogP contribution is 2.81. The van der Waals surface area contributed by atoms with Crippen LogP contribution in [0.15, 0.2) is 24.3 Å². The molecule has 1 aromatic rings. The van der Waals surface area contributed by atoms with Crippen LogP contribution in [0.4, 0.5) is 5.69 Å². The van der Waals surface area contributed by atoms with Crippen LogP contribution in [0, 0.1) is 21.4 Å². The van der Waals surface area contributed by atoms with Gasteiger partial charge in [-0.2, -0.15) is 0 Å². The van der Waals surface area contributed by atoms with E-state index in [0.29, 0.717) is 6.42 Å². The van der Waals surface area contributed by atoms with E-state index < -0.39 is 45.6 Å². The first-order chi connectivity index (χ1) is 13.6. The van der Waals surface area contributed by atoms with E-state index in [1.807, 2.05) is 0 Å². The molecule has 3 aliphatic heterocycles. The van der Waals surface area contributed by atoms with Gasteiger partial charge in [-0.3, -0.25) is 14.9 Å². The van der Waals surface area contributed by atoms with Crippen molar-refractivity contribution in [3.05, 3.63) is 39.9 Å². The maximum Gasteiger partial charge on any atom is 0.338 e. The monoisotopic (exact) mass is 405 g/mol. The van der Waals surface area contributed by atoms with Crippen LogP contribution in [0.3, 0.4) is 0 Å². The highest BCUT2D eigenvalue weighted by molar-refractivity contribution is 5.89. The third kappa shape index (κ3) is 2.01. The Kier molecular flexibility index (Phi) is 3.39. The molecule has 0 spiro atoms. The number of nitrogens with zero attached hydrogens (tertiary/aromatic N) is 1. The summed E-state index contributed by atoms with van der Waals surface area (Å²) in [6.07, 6.45) is -0.355. The normalized spacial score (nSPS) is 43.0. The van der Waals surface area contributed by atoms with Crippen LogP contribution >= 0.6 is 0 Å². The number of aliphatic hydroxyl groups is 1. The summed E-state index contributed by atoms with van der Waals surface area (Å²) >= 11 is 0. The van der Waals surface area contributed by atoms with Gasteiger partial charge in [-0.1, -0.05) is 0 Å². The molecule has 0 amide bonds. The third-order valence-corrected chi connectivity index (χ3v) is 7.05. The zero-order chi connectivity index (χ0) is 20.8. The molecule has 0 aromatic heterocycles. The van der Waals surface area contributed by atoms with Crippen molar-refractivity contribution in [2.75, 3.05) is 6.61 Å². The lowest BCUT2D eigenvalue weighted by atomic mass is 9.41. The maximum absolute atomic E-state index is 12.5. The Labute approximate surface area is 164 Å². The molecule has 6 unspecified atom stereocenters. The molecule has 3 saturated carbocycles. The van der Waals surface area contributed by atoms with Gasteiger partial charge in [0.2, 0.25) is 5.79 Å². The van der Waals surface area contributed by atoms with Crippen molar-refractivity contribution < 1.29 is 38.6 Å². The average molecular weight is 405 g/mol. The fourth-order valence-corrected chi connectivity index (χ4v) is 5.74. The van der Waals surface area contributed by atoms with E-state index >= 15 is 0 Å². The van der Waals surface area contributed by atoms with Gasteiger partial charge in [-0.25, -0.2) is 4.79 Å². The number of nitro benzene ring substituents is 1. The van der Waals surface area contributed by atoms with Crippen molar-refractivity contribution in [1.82, 2.24) is 0 Å². The summed E-state index contributed by atoms with van der Waals surface area (Å²) in [4.78, 5) is 34.3. The molecule has 3 aliphatic carbocycles. The van der Waals surface area contributed by atoms with Crippen LogP contribution in [0.5, 0.6) is 0 Å². The largest absolute Gasteiger partial charge is 0.461 e. The summed E-state index contributed by atoms with van der Waals surface area (Å²) in [5.74, 6) is -2.75. The summed E-state index contributed by atoms with van der Waals surface area (Å²) in [5, 5.41) is 22.1. The van der Waals surface area contributed by atoms with Crippen molar-refractivity contribution in [2.45, 2.75) is 50.0 Å². The lowest BCUT2D eigenvalue weighted by Gasteiger charge is -2.65. The molecule has 29 heavy (non-hydrogen) atoms. The molecule has 6 atom stereocenters. The van der Waals surface area contributed by atoms with E-state index in [4.69, 9.17) is 18.9 Å². The number of benzene rings is 1. The van der Waals surface area contributed by atoms with E-state index in [1.54, 1.807) is 6.92 Å². The molecule has 3 saturated heterocycles. The van der Waals surface area contributed by atoms with Crippen LogP contribution in [-0.2, 0) is 23.7 Å². The highest BCUT2D eigenvalue weighted by Gasteiger charge is 2.94. The second-order valence-corrected chi connectivity index (χ2v) is 8.42. The predicted octanol–water partition coefficient (Wildman–Crippen LogP) is 1.30. The van der Waals surface area contributed by atoms with Gasteiger partial charge in [0.15, 0.2) is 6.29 Å². The number of carbonyl (C=O) groups excluding carboxylic acids is 2. The summed E-state index contributed by atoms with van der Waals surface area (Å²) in [6.45, 7) is 2.85. The molecule has 1 N–H and O–H groups in total. The van der Waals surface area contributed by atoms with Gasteiger partial charge in [0, 0.05) is 31.4 Å². The van der Waals surface area contributed by atoms with Crippen LogP contribution in [0.2, 0.25) is 0 Å². The Hall–Kier alpha value is -2.56. The molecule has 154 valence electrons. The molecule has 10 nitrogen and oxygen atoms in total. The fourth-order valence-electron chi connectivity index (χ4n) is 5.74. The van der Waals surface area contributed by atoms with E-state index in [9.17, 15) is 24.8 Å². The second-order valence-electron chi connectivity index (χ2n) is 8.42. The summed E-state index contributed by atoms with van der Waals surface area (Å²) in [7, 11) is 0. The zero-order valence-corrected chi connectivity index (χ0v) is 15.7. The topological polar surface area (TPSA) is 134 Å². The standard InChI is InChI=1S/C19H19NO9/c1-10(21)27-18-8-16(2)19(23)7-13(18)17(19,15(28-16)29-18)9-26-14(22)11-3-5-12(6-4-11)20(24)25/h3-6,13,15,23H,7-9H2,1-2H3. The lowest BCUT2D eigenvalue weighted by molar-refractivity contribution is -0.385. The van der Waals surface area contributed by atoms with Gasteiger partial charge in [-0.15, -0.1) is 0 Å². The Balaban J connectivity index is 1.40. The SMILES string of the molecule is CC(=O)OC12CC3(C)OC(O1)C1(COC(=O)c4ccc([N+](=O)[O-])cc4)C2CC31O. The maximum atomic E-state index is 12.5. The van der Waals surface area contributed by atoms with Crippen LogP contribution in [-0.4, -0.2) is 51.9 Å². The first-order valence-electron chi connectivity index (χ1n) is 9.26. The molecular formula is C19H19NO9. The van der Waals surface area contributed by atoms with Gasteiger partial charge in [-0.05, 0) is 25.5 Å². The number of non-ortho nitro benzene ring substituents is 1. The Morgan fingerprint density at radius 2 is 2.00 bits per heavy atom. The minimum atomic E-state index is -1.27. The number of rotatable bonds is 5. The second kappa shape index (κ2) is 5.32. The molecule has 10 heteroatoms. The van der Waals surface area contributed by atoms with E-state index in [-0.39, 0.29) is 30.2 Å². The Morgan fingerprint density at radius 1 is 1.31 bits per heavy atom.